The molecule has 0 bridgehead atoms. The predicted octanol–water partition coefficient (Wildman–Crippen LogP) is 2.26. The van der Waals surface area contributed by atoms with Crippen molar-refractivity contribution < 1.29 is 19.2 Å². The molecule has 1 rings (SSSR count). The predicted molar refractivity (Wildman–Crippen MR) is 57.9 cm³/mol. The van der Waals surface area contributed by atoms with Gasteiger partial charge in [-0.2, -0.15) is 0 Å². The number of halogens is 2. The van der Waals surface area contributed by atoms with E-state index in [9.17, 15) is 14.5 Å². The Morgan fingerprint density at radius 1 is 1.69 bits per heavy atom. The van der Waals surface area contributed by atoms with Gasteiger partial charge in [0.15, 0.2) is 5.75 Å². The number of nitro groups is 1. The largest absolute Gasteiger partial charge is 0.484 e. The molecule has 1 atom stereocenters. The Morgan fingerprint density at radius 3 is 2.81 bits per heavy atom. The molecule has 0 amide bonds. The fourth-order valence-corrected chi connectivity index (χ4v) is 1.32. The van der Waals surface area contributed by atoms with Gasteiger partial charge in [0.05, 0.1) is 15.5 Å². The minimum atomic E-state index is -0.786. The van der Waals surface area contributed by atoms with Gasteiger partial charge in [0, 0.05) is 12.1 Å². The second-order valence-electron chi connectivity index (χ2n) is 3.15. The molecule has 0 unspecified atom stereocenters. The zero-order valence-electron chi connectivity index (χ0n) is 8.31. The molecule has 0 aliphatic rings. The number of nitro benzene ring substituents is 1. The van der Waals surface area contributed by atoms with Crippen LogP contribution in [-0.4, -0.2) is 22.7 Å². The maximum atomic E-state index is 13.1. The van der Waals surface area contributed by atoms with Gasteiger partial charge in [-0.25, -0.2) is 4.39 Å². The van der Waals surface area contributed by atoms with Gasteiger partial charge in [-0.1, -0.05) is 0 Å². The van der Waals surface area contributed by atoms with E-state index in [0.29, 0.717) is 0 Å². The number of hydrogen-bond donors (Lipinski definition) is 1. The highest BCUT2D eigenvalue weighted by Crippen LogP contribution is 2.32. The number of aliphatic hydroxyl groups is 1. The fourth-order valence-electron chi connectivity index (χ4n) is 0.987. The Hall–Kier alpha value is -1.21. The van der Waals surface area contributed by atoms with Crippen LogP contribution in [0.15, 0.2) is 16.6 Å². The first-order valence-corrected chi connectivity index (χ1v) is 5.15. The van der Waals surface area contributed by atoms with E-state index in [4.69, 9.17) is 9.84 Å². The molecule has 0 saturated heterocycles. The third-order valence-electron chi connectivity index (χ3n) is 1.68. The van der Waals surface area contributed by atoms with Crippen LogP contribution in [0.4, 0.5) is 10.1 Å². The summed E-state index contributed by atoms with van der Waals surface area (Å²) in [5.41, 5.74) is -0.353. The van der Waals surface area contributed by atoms with Crippen LogP contribution in [0.3, 0.4) is 0 Å². The maximum absolute atomic E-state index is 13.1. The van der Waals surface area contributed by atoms with E-state index in [0.717, 1.165) is 12.1 Å². The van der Waals surface area contributed by atoms with Gasteiger partial charge >= 0.3 is 5.69 Å². The summed E-state index contributed by atoms with van der Waals surface area (Å²) < 4.78 is 18.1. The van der Waals surface area contributed by atoms with Crippen molar-refractivity contribution in [1.82, 2.24) is 0 Å². The standard InChI is InChI=1S/C9H9BrFNO4/c1-5(13)4-16-9-3-7(11)6(10)2-8(9)12(14)15/h2-3,5,13H,4H2,1H3/t5-/m1/s1. The maximum Gasteiger partial charge on any atom is 0.312 e. The Labute approximate surface area is 99.1 Å². The summed E-state index contributed by atoms with van der Waals surface area (Å²) in [5, 5.41) is 19.6. The van der Waals surface area contributed by atoms with E-state index >= 15 is 0 Å². The quantitative estimate of drug-likeness (QED) is 0.683. The first-order valence-electron chi connectivity index (χ1n) is 4.36. The Morgan fingerprint density at radius 2 is 2.31 bits per heavy atom. The van der Waals surface area contributed by atoms with Crippen LogP contribution < -0.4 is 4.74 Å². The minimum Gasteiger partial charge on any atom is -0.484 e. The van der Waals surface area contributed by atoms with Crippen LogP contribution in [0.5, 0.6) is 5.75 Å². The average molecular weight is 294 g/mol. The van der Waals surface area contributed by atoms with Crippen LogP contribution in [0.1, 0.15) is 6.92 Å². The summed E-state index contributed by atoms with van der Waals surface area (Å²) in [4.78, 5) is 9.97. The summed E-state index contributed by atoms with van der Waals surface area (Å²) in [7, 11) is 0. The molecule has 1 aromatic rings. The van der Waals surface area contributed by atoms with E-state index in [1.807, 2.05) is 0 Å². The van der Waals surface area contributed by atoms with Crippen molar-refractivity contribution in [1.29, 1.82) is 0 Å². The SMILES string of the molecule is C[C@@H](O)COc1cc(F)c(Br)cc1[N+](=O)[O-]. The minimum absolute atomic E-state index is 0.0106. The van der Waals surface area contributed by atoms with Crippen molar-refractivity contribution in [2.24, 2.45) is 0 Å². The van der Waals surface area contributed by atoms with E-state index in [1.54, 1.807) is 0 Å². The van der Waals surface area contributed by atoms with Gasteiger partial charge in [-0.05, 0) is 22.9 Å². The Balaban J connectivity index is 3.05. The molecule has 88 valence electrons. The lowest BCUT2D eigenvalue weighted by molar-refractivity contribution is -0.386. The molecular formula is C9H9BrFNO4. The van der Waals surface area contributed by atoms with Crippen molar-refractivity contribution >= 4 is 21.6 Å². The summed E-state index contributed by atoms with van der Waals surface area (Å²) in [5.74, 6) is -0.863. The summed E-state index contributed by atoms with van der Waals surface area (Å²) in [6, 6.07) is 1.93. The van der Waals surface area contributed by atoms with Crippen molar-refractivity contribution in [3.63, 3.8) is 0 Å². The van der Waals surface area contributed by atoms with E-state index < -0.39 is 16.8 Å². The third kappa shape index (κ3) is 3.14. The van der Waals surface area contributed by atoms with Crippen LogP contribution >= 0.6 is 15.9 Å². The van der Waals surface area contributed by atoms with Crippen LogP contribution in [0.25, 0.3) is 0 Å². The Kier molecular flexibility index (Phi) is 4.19. The molecule has 5 nitrogen and oxygen atoms in total. The molecule has 0 heterocycles. The van der Waals surface area contributed by atoms with E-state index in [-0.39, 0.29) is 22.5 Å². The van der Waals surface area contributed by atoms with Gasteiger partial charge in [0.2, 0.25) is 0 Å². The molecule has 1 aromatic carbocycles. The molecule has 0 aliphatic carbocycles. The highest BCUT2D eigenvalue weighted by Gasteiger charge is 2.19. The van der Waals surface area contributed by atoms with Crippen molar-refractivity contribution in [2.75, 3.05) is 6.61 Å². The van der Waals surface area contributed by atoms with Gasteiger partial charge in [-0.15, -0.1) is 0 Å². The van der Waals surface area contributed by atoms with Crippen molar-refractivity contribution in [2.45, 2.75) is 13.0 Å². The normalized spacial score (nSPS) is 12.2. The van der Waals surface area contributed by atoms with Crippen LogP contribution in [0.2, 0.25) is 0 Å². The number of rotatable bonds is 4. The lowest BCUT2D eigenvalue weighted by Crippen LogP contribution is -2.13. The number of benzene rings is 1. The Bertz CT molecular complexity index is 411. The van der Waals surface area contributed by atoms with Crippen molar-refractivity contribution in [3.05, 3.63) is 32.5 Å². The summed E-state index contributed by atoms with van der Waals surface area (Å²) in [6.45, 7) is 1.32. The van der Waals surface area contributed by atoms with Gasteiger partial charge in [0.25, 0.3) is 0 Å². The second-order valence-corrected chi connectivity index (χ2v) is 4.01. The van der Waals surface area contributed by atoms with Gasteiger partial charge in [-0.3, -0.25) is 10.1 Å². The molecule has 0 aromatic heterocycles. The molecule has 1 N–H and O–H groups in total. The molecule has 0 saturated carbocycles. The average Bonchev–Trinajstić information content (AvgIpc) is 2.18. The molecule has 16 heavy (non-hydrogen) atoms. The van der Waals surface area contributed by atoms with Crippen molar-refractivity contribution in [3.8, 4) is 5.75 Å². The summed E-state index contributed by atoms with van der Waals surface area (Å²) in [6.07, 6.45) is -0.786. The molecule has 7 heteroatoms. The molecule has 0 spiro atoms. The molecule has 0 radical (unpaired) electrons. The number of aliphatic hydroxyl groups excluding tert-OH is 1. The number of hydrogen-bond acceptors (Lipinski definition) is 4. The zero-order chi connectivity index (χ0) is 12.3. The molecule has 0 aliphatic heterocycles. The first-order chi connectivity index (χ1) is 7.41. The van der Waals surface area contributed by atoms with Crippen LogP contribution in [0, 0.1) is 15.9 Å². The lowest BCUT2D eigenvalue weighted by atomic mass is 10.3. The van der Waals surface area contributed by atoms with Gasteiger partial charge < -0.3 is 9.84 Å². The first kappa shape index (κ1) is 12.9. The number of ether oxygens (including phenoxy) is 1. The topological polar surface area (TPSA) is 72.6 Å². The van der Waals surface area contributed by atoms with Crippen LogP contribution in [-0.2, 0) is 0 Å². The second kappa shape index (κ2) is 5.22. The summed E-state index contributed by atoms with van der Waals surface area (Å²) >= 11 is 2.84. The number of nitrogens with zero attached hydrogens (tertiary/aromatic N) is 1. The molecular weight excluding hydrogens is 285 g/mol. The third-order valence-corrected chi connectivity index (χ3v) is 2.29. The lowest BCUT2D eigenvalue weighted by Gasteiger charge is -2.08. The van der Waals surface area contributed by atoms with Gasteiger partial charge in [0.1, 0.15) is 12.4 Å². The fraction of sp³-hybridized carbons (Fsp3) is 0.333. The monoisotopic (exact) mass is 293 g/mol. The van der Waals surface area contributed by atoms with E-state index in [2.05, 4.69) is 15.9 Å². The van der Waals surface area contributed by atoms with E-state index in [1.165, 1.54) is 6.92 Å². The molecule has 0 fully saturated rings. The highest BCUT2D eigenvalue weighted by atomic mass is 79.9. The zero-order valence-corrected chi connectivity index (χ0v) is 9.90. The highest BCUT2D eigenvalue weighted by molar-refractivity contribution is 9.10. The smallest absolute Gasteiger partial charge is 0.312 e.